The Morgan fingerprint density at radius 2 is 1.50 bits per heavy atom. The van der Waals surface area contributed by atoms with E-state index >= 15 is 0 Å². The van der Waals surface area contributed by atoms with Gasteiger partial charge in [-0.05, 0) is 61.1 Å². The maximum Gasteiger partial charge on any atom is 0.244 e. The molecule has 2 aromatic rings. The van der Waals surface area contributed by atoms with E-state index in [1.807, 2.05) is 50.2 Å². The second-order valence-electron chi connectivity index (χ2n) is 6.66. The Hall–Kier alpha value is -2.62. The molecule has 0 heterocycles. The van der Waals surface area contributed by atoms with E-state index in [-0.39, 0.29) is 18.4 Å². The summed E-state index contributed by atoms with van der Waals surface area (Å²) >= 11 is 0. The van der Waals surface area contributed by atoms with Crippen LogP contribution < -0.4 is 10.2 Å². The number of carbonyl (C=O) groups excluding carboxylic acids is 2. The van der Waals surface area contributed by atoms with Gasteiger partial charge in [-0.1, -0.05) is 38.1 Å². The van der Waals surface area contributed by atoms with Gasteiger partial charge >= 0.3 is 0 Å². The van der Waals surface area contributed by atoms with Crippen molar-refractivity contribution in [2.24, 2.45) is 0 Å². The smallest absolute Gasteiger partial charge is 0.244 e. The molecule has 26 heavy (non-hydrogen) atoms. The van der Waals surface area contributed by atoms with Crippen molar-refractivity contribution in [2.45, 2.75) is 47.5 Å². The second kappa shape index (κ2) is 8.65. The molecule has 0 saturated carbocycles. The molecule has 2 aromatic carbocycles. The lowest BCUT2D eigenvalue weighted by atomic mass is 10.0. The minimum Gasteiger partial charge on any atom is -0.324 e. The van der Waals surface area contributed by atoms with Crippen LogP contribution in [0.5, 0.6) is 0 Å². The van der Waals surface area contributed by atoms with Gasteiger partial charge in [-0.25, -0.2) is 0 Å². The number of hydrogen-bond acceptors (Lipinski definition) is 2. The topological polar surface area (TPSA) is 49.4 Å². The first-order valence-corrected chi connectivity index (χ1v) is 9.12. The van der Waals surface area contributed by atoms with E-state index in [1.165, 1.54) is 11.8 Å². The Morgan fingerprint density at radius 1 is 0.962 bits per heavy atom. The average Bonchev–Trinajstić information content (AvgIpc) is 2.58. The minimum absolute atomic E-state index is 0.000566. The molecular weight excluding hydrogens is 324 g/mol. The van der Waals surface area contributed by atoms with Gasteiger partial charge in [0.2, 0.25) is 11.8 Å². The van der Waals surface area contributed by atoms with E-state index in [0.717, 1.165) is 46.5 Å². The van der Waals surface area contributed by atoms with Crippen molar-refractivity contribution in [1.29, 1.82) is 0 Å². The highest BCUT2D eigenvalue weighted by atomic mass is 16.2. The number of benzene rings is 2. The van der Waals surface area contributed by atoms with Gasteiger partial charge in [0, 0.05) is 18.3 Å². The van der Waals surface area contributed by atoms with E-state index in [1.54, 1.807) is 0 Å². The molecule has 0 bridgehead atoms. The van der Waals surface area contributed by atoms with Crippen LogP contribution in [-0.2, 0) is 22.4 Å². The maximum atomic E-state index is 12.7. The molecule has 138 valence electrons. The fraction of sp³-hybridized carbons (Fsp3) is 0.364. The third kappa shape index (κ3) is 4.72. The molecule has 2 amide bonds. The largest absolute Gasteiger partial charge is 0.324 e. The first kappa shape index (κ1) is 19.7. The zero-order chi connectivity index (χ0) is 19.3. The van der Waals surface area contributed by atoms with Crippen LogP contribution in [0.2, 0.25) is 0 Å². The van der Waals surface area contributed by atoms with Crippen molar-refractivity contribution < 1.29 is 9.59 Å². The number of rotatable bonds is 6. The van der Waals surface area contributed by atoms with Crippen LogP contribution in [0.4, 0.5) is 11.4 Å². The second-order valence-corrected chi connectivity index (χ2v) is 6.66. The van der Waals surface area contributed by atoms with Gasteiger partial charge in [-0.2, -0.15) is 0 Å². The standard InChI is InChI=1S/C22H28N2O2/c1-6-18-9-8-10-19(7-2)22(18)23-21(26)14-24(17(5)25)20-12-15(3)11-16(4)13-20/h8-13H,6-7,14H2,1-5H3,(H,23,26). The van der Waals surface area contributed by atoms with Crippen LogP contribution in [0.25, 0.3) is 0 Å². The van der Waals surface area contributed by atoms with E-state index in [4.69, 9.17) is 0 Å². The molecule has 0 aliphatic rings. The number of hydrogen-bond donors (Lipinski definition) is 1. The Balaban J connectivity index is 2.25. The lowest BCUT2D eigenvalue weighted by Gasteiger charge is -2.22. The first-order valence-electron chi connectivity index (χ1n) is 9.12. The quantitative estimate of drug-likeness (QED) is 0.836. The number of nitrogens with zero attached hydrogens (tertiary/aromatic N) is 1. The molecule has 0 aromatic heterocycles. The zero-order valence-electron chi connectivity index (χ0n) is 16.3. The van der Waals surface area contributed by atoms with Crippen LogP contribution >= 0.6 is 0 Å². The van der Waals surface area contributed by atoms with Crippen molar-refractivity contribution in [3.63, 3.8) is 0 Å². The van der Waals surface area contributed by atoms with Crippen LogP contribution in [-0.4, -0.2) is 18.4 Å². The lowest BCUT2D eigenvalue weighted by molar-refractivity contribution is -0.120. The highest BCUT2D eigenvalue weighted by Gasteiger charge is 2.18. The predicted molar refractivity (Wildman–Crippen MR) is 108 cm³/mol. The highest BCUT2D eigenvalue weighted by molar-refractivity contribution is 6.02. The summed E-state index contributed by atoms with van der Waals surface area (Å²) in [6.45, 7) is 9.60. The van der Waals surface area contributed by atoms with Crippen LogP contribution in [0.3, 0.4) is 0 Å². The summed E-state index contributed by atoms with van der Waals surface area (Å²) in [5.74, 6) is -0.334. The number of para-hydroxylation sites is 1. The SMILES string of the molecule is CCc1cccc(CC)c1NC(=O)CN(C(C)=O)c1cc(C)cc(C)c1. The number of amides is 2. The highest BCUT2D eigenvalue weighted by Crippen LogP contribution is 2.23. The Morgan fingerprint density at radius 3 is 1.96 bits per heavy atom. The number of carbonyl (C=O) groups is 2. The van der Waals surface area contributed by atoms with Gasteiger partial charge in [0.05, 0.1) is 0 Å². The predicted octanol–water partition coefficient (Wildman–Crippen LogP) is 4.42. The van der Waals surface area contributed by atoms with Crippen LogP contribution in [0, 0.1) is 13.8 Å². The zero-order valence-corrected chi connectivity index (χ0v) is 16.3. The minimum atomic E-state index is -0.185. The molecule has 0 fully saturated rings. The molecule has 0 unspecified atom stereocenters. The molecule has 0 radical (unpaired) electrons. The van der Waals surface area contributed by atoms with E-state index in [9.17, 15) is 9.59 Å². The van der Waals surface area contributed by atoms with E-state index in [0.29, 0.717) is 0 Å². The van der Waals surface area contributed by atoms with E-state index < -0.39 is 0 Å². The van der Waals surface area contributed by atoms with Gasteiger partial charge in [0.1, 0.15) is 6.54 Å². The van der Waals surface area contributed by atoms with Crippen LogP contribution in [0.15, 0.2) is 36.4 Å². The molecule has 1 N–H and O–H groups in total. The Kier molecular flexibility index (Phi) is 6.56. The molecule has 4 heteroatoms. The summed E-state index contributed by atoms with van der Waals surface area (Å²) in [6.07, 6.45) is 1.69. The average molecular weight is 352 g/mol. The van der Waals surface area contributed by atoms with Gasteiger partial charge in [-0.3, -0.25) is 9.59 Å². The first-order chi connectivity index (χ1) is 12.3. The summed E-state index contributed by atoms with van der Waals surface area (Å²) in [6, 6.07) is 12.0. The summed E-state index contributed by atoms with van der Waals surface area (Å²) in [5, 5.41) is 3.03. The molecule has 2 rings (SSSR count). The molecule has 0 aliphatic carbocycles. The fourth-order valence-corrected chi connectivity index (χ4v) is 3.22. The summed E-state index contributed by atoms with van der Waals surface area (Å²) < 4.78 is 0. The molecular formula is C22H28N2O2. The maximum absolute atomic E-state index is 12.7. The summed E-state index contributed by atoms with van der Waals surface area (Å²) in [7, 11) is 0. The normalized spacial score (nSPS) is 10.5. The van der Waals surface area contributed by atoms with Crippen molar-refractivity contribution in [2.75, 3.05) is 16.8 Å². The van der Waals surface area contributed by atoms with Gasteiger partial charge in [0.25, 0.3) is 0 Å². The van der Waals surface area contributed by atoms with Crippen molar-refractivity contribution >= 4 is 23.2 Å². The van der Waals surface area contributed by atoms with Crippen molar-refractivity contribution in [3.8, 4) is 0 Å². The molecule has 4 nitrogen and oxygen atoms in total. The van der Waals surface area contributed by atoms with Crippen molar-refractivity contribution in [3.05, 3.63) is 58.7 Å². The van der Waals surface area contributed by atoms with Crippen LogP contribution in [0.1, 0.15) is 43.0 Å². The number of aryl methyl sites for hydroxylation is 4. The summed E-state index contributed by atoms with van der Waals surface area (Å²) in [5.41, 5.74) is 5.99. The third-order valence-electron chi connectivity index (χ3n) is 4.46. The van der Waals surface area contributed by atoms with Gasteiger partial charge in [0.15, 0.2) is 0 Å². The molecule has 0 saturated heterocycles. The molecule has 0 aliphatic heterocycles. The monoisotopic (exact) mass is 352 g/mol. The lowest BCUT2D eigenvalue weighted by Crippen LogP contribution is -2.37. The number of nitrogens with one attached hydrogen (secondary N) is 1. The molecule has 0 spiro atoms. The third-order valence-corrected chi connectivity index (χ3v) is 4.46. The fourth-order valence-electron chi connectivity index (χ4n) is 3.22. The summed E-state index contributed by atoms with van der Waals surface area (Å²) in [4.78, 5) is 26.4. The number of anilines is 2. The van der Waals surface area contributed by atoms with Crippen molar-refractivity contribution in [1.82, 2.24) is 0 Å². The van der Waals surface area contributed by atoms with E-state index in [2.05, 4.69) is 19.2 Å². The van der Waals surface area contributed by atoms with Gasteiger partial charge in [-0.15, -0.1) is 0 Å². The Labute approximate surface area is 156 Å². The Bertz CT molecular complexity index is 769. The van der Waals surface area contributed by atoms with Gasteiger partial charge < -0.3 is 10.2 Å². The molecule has 0 atom stereocenters.